The van der Waals surface area contributed by atoms with Crippen molar-refractivity contribution in [2.24, 2.45) is 0 Å². The first kappa shape index (κ1) is 17.5. The molecule has 2 aromatic rings. The van der Waals surface area contributed by atoms with Gasteiger partial charge in [0.2, 0.25) is 5.91 Å². The largest absolute Gasteiger partial charge is 0.493 e. The zero-order chi connectivity index (χ0) is 29.2. The predicted molar refractivity (Wildman–Crippen MR) is 132 cm³/mol. The minimum atomic E-state index is -2.80. The number of ether oxygens (including phenoxy) is 4. The molecule has 0 N–H and O–H groups in total. The van der Waals surface area contributed by atoms with Crippen molar-refractivity contribution in [2.75, 3.05) is 61.5 Å². The van der Waals surface area contributed by atoms with Gasteiger partial charge in [-0.15, -0.1) is 0 Å². The summed E-state index contributed by atoms with van der Waals surface area (Å²) >= 11 is 0. The molecule has 34 heavy (non-hydrogen) atoms. The third-order valence-electron chi connectivity index (χ3n) is 6.88. The molecule has 0 bridgehead atoms. The number of fused-ring (bicyclic) bond motifs is 2. The Morgan fingerprint density at radius 1 is 0.971 bits per heavy atom. The van der Waals surface area contributed by atoms with Gasteiger partial charge >= 0.3 is 0 Å². The van der Waals surface area contributed by atoms with Crippen molar-refractivity contribution in [2.45, 2.75) is 31.6 Å². The van der Waals surface area contributed by atoms with E-state index in [1.807, 2.05) is 6.07 Å². The number of hydrogen-bond acceptors (Lipinski definition) is 6. The topological polar surface area (TPSA) is 60.5 Å². The molecule has 0 radical (unpaired) electrons. The monoisotopic (exact) mass is 474 g/mol. The average Bonchev–Trinajstić information content (AvgIpc) is 2.98. The third kappa shape index (κ3) is 4.94. The van der Waals surface area contributed by atoms with Crippen LogP contribution in [0.2, 0.25) is 0 Å². The highest BCUT2D eigenvalue weighted by atomic mass is 16.5. The molecule has 7 nitrogen and oxygen atoms in total. The lowest BCUT2D eigenvalue weighted by Crippen LogP contribution is -2.36. The van der Waals surface area contributed by atoms with Crippen LogP contribution in [0, 0.1) is 0 Å². The van der Waals surface area contributed by atoms with Gasteiger partial charge in [0, 0.05) is 25.6 Å². The van der Waals surface area contributed by atoms with Crippen LogP contribution in [0.25, 0.3) is 0 Å². The van der Waals surface area contributed by atoms with E-state index in [2.05, 4.69) is 18.0 Å². The van der Waals surface area contributed by atoms with E-state index in [4.69, 9.17) is 27.2 Å². The number of methoxy groups -OCH3 is 4. The summed E-state index contributed by atoms with van der Waals surface area (Å²) in [7, 11) is -0.215. The Bertz CT molecular complexity index is 1230. The molecule has 1 aliphatic carbocycles. The van der Waals surface area contributed by atoms with Crippen LogP contribution in [0.5, 0.6) is 23.0 Å². The van der Waals surface area contributed by atoms with E-state index in [0.717, 1.165) is 43.0 Å². The van der Waals surface area contributed by atoms with Crippen molar-refractivity contribution in [1.82, 2.24) is 9.80 Å². The van der Waals surface area contributed by atoms with Crippen LogP contribution < -0.4 is 18.9 Å². The van der Waals surface area contributed by atoms with E-state index in [0.29, 0.717) is 31.0 Å². The van der Waals surface area contributed by atoms with Gasteiger partial charge in [0.1, 0.15) is 0 Å². The summed E-state index contributed by atoms with van der Waals surface area (Å²) in [6.07, 6.45) is 2.35. The molecule has 0 unspecified atom stereocenters. The number of likely N-dealkylation sites (N-methyl/N-ethyl adjacent to an activating group) is 1. The van der Waals surface area contributed by atoms with Crippen LogP contribution in [0.15, 0.2) is 24.3 Å². The van der Waals surface area contributed by atoms with Crippen LogP contribution in [0.1, 0.15) is 42.8 Å². The second-order valence-electron chi connectivity index (χ2n) is 9.00. The maximum Gasteiger partial charge on any atom is 0.227 e. The van der Waals surface area contributed by atoms with Gasteiger partial charge in [-0.2, -0.15) is 0 Å². The second kappa shape index (κ2) is 10.6. The number of nitrogens with zero attached hydrogens (tertiary/aromatic N) is 2. The van der Waals surface area contributed by atoms with E-state index >= 15 is 0 Å². The SMILES string of the molecule is [2H]C([2H])([2H])Oc1cc2c(cc1OC([2H])([2H])[2H])CC(=O)N(CCCN(C)C[C@H]1Cc3cc(OC)c(OC)cc31)CC2. The third-order valence-corrected chi connectivity index (χ3v) is 6.88. The highest BCUT2D eigenvalue weighted by Crippen LogP contribution is 2.42. The number of carbonyl (C=O) groups is 1. The lowest BCUT2D eigenvalue weighted by molar-refractivity contribution is -0.130. The number of hydrogen-bond donors (Lipinski definition) is 0. The summed E-state index contributed by atoms with van der Waals surface area (Å²) in [5.74, 6) is 1.45. The Morgan fingerprint density at radius 2 is 1.62 bits per heavy atom. The smallest absolute Gasteiger partial charge is 0.227 e. The lowest BCUT2D eigenvalue weighted by Gasteiger charge is -2.34. The summed E-state index contributed by atoms with van der Waals surface area (Å²) in [6, 6.07) is 7.00. The zero-order valence-electron chi connectivity index (χ0n) is 26.0. The highest BCUT2D eigenvalue weighted by molar-refractivity contribution is 5.80. The highest BCUT2D eigenvalue weighted by Gasteiger charge is 2.29. The maximum absolute atomic E-state index is 13.1. The summed E-state index contributed by atoms with van der Waals surface area (Å²) in [5.41, 5.74) is 3.91. The maximum atomic E-state index is 13.1. The number of carbonyl (C=O) groups excluding carboxylic acids is 1. The molecule has 0 aromatic heterocycles. The number of rotatable bonds is 10. The normalized spacial score (nSPS) is 20.3. The van der Waals surface area contributed by atoms with Gasteiger partial charge in [0.05, 0.1) is 42.9 Å². The van der Waals surface area contributed by atoms with Gasteiger partial charge in [-0.25, -0.2) is 0 Å². The first-order valence-electron chi connectivity index (χ1n) is 14.5. The van der Waals surface area contributed by atoms with Crippen molar-refractivity contribution in [3.05, 3.63) is 46.5 Å². The summed E-state index contributed by atoms with van der Waals surface area (Å²) in [5, 5.41) is 0. The van der Waals surface area contributed by atoms with E-state index < -0.39 is 14.1 Å². The molecular formula is C27H36N2O5. The van der Waals surface area contributed by atoms with E-state index in [-0.39, 0.29) is 23.8 Å². The molecule has 1 aliphatic heterocycles. The molecule has 2 aromatic carbocycles. The summed E-state index contributed by atoms with van der Waals surface area (Å²) in [4.78, 5) is 17.1. The molecule has 184 valence electrons. The van der Waals surface area contributed by atoms with Crippen molar-refractivity contribution < 1.29 is 32.0 Å². The molecule has 0 saturated carbocycles. The second-order valence-corrected chi connectivity index (χ2v) is 9.00. The molecule has 7 heteroatoms. The summed E-state index contributed by atoms with van der Waals surface area (Å²) < 4.78 is 65.4. The van der Waals surface area contributed by atoms with E-state index in [1.54, 1.807) is 19.1 Å². The van der Waals surface area contributed by atoms with Crippen molar-refractivity contribution in [3.8, 4) is 23.0 Å². The molecule has 4 rings (SSSR count). The van der Waals surface area contributed by atoms with Gasteiger partial charge in [-0.05, 0) is 79.4 Å². The van der Waals surface area contributed by atoms with Crippen molar-refractivity contribution >= 4 is 5.91 Å². The first-order valence-corrected chi connectivity index (χ1v) is 11.5. The van der Waals surface area contributed by atoms with Gasteiger partial charge in [-0.3, -0.25) is 4.79 Å². The Morgan fingerprint density at radius 3 is 2.32 bits per heavy atom. The molecule has 0 fully saturated rings. The minimum Gasteiger partial charge on any atom is -0.493 e. The van der Waals surface area contributed by atoms with Crippen LogP contribution in [0.3, 0.4) is 0 Å². The van der Waals surface area contributed by atoms with Crippen LogP contribution >= 0.6 is 0 Å². The van der Waals surface area contributed by atoms with Gasteiger partial charge in [0.25, 0.3) is 0 Å². The Labute approximate surface area is 211 Å². The van der Waals surface area contributed by atoms with Crippen LogP contribution in [-0.4, -0.2) is 77.2 Å². The molecule has 1 heterocycles. The summed E-state index contributed by atoms with van der Waals surface area (Å²) in [6.45, 7) is 2.78. The standard InChI is InChI=1S/C27H36N2O5/c1-28(17-21-11-20-14-25(33-4)26(34-5)16-22(20)21)8-6-9-29-10-7-18-12-23(31-2)24(32-3)13-19(18)15-27(29)30/h12-14,16,21H,6-11,15,17H2,1-5H3/t21-/m1/s1/i2D3,3D3. The van der Waals surface area contributed by atoms with Gasteiger partial charge in [-0.1, -0.05) is 0 Å². The number of benzene rings is 2. The predicted octanol–water partition coefficient (Wildman–Crippen LogP) is 3.31. The zero-order valence-corrected chi connectivity index (χ0v) is 20.0. The Balaban J connectivity index is 1.34. The van der Waals surface area contributed by atoms with Crippen molar-refractivity contribution in [1.29, 1.82) is 0 Å². The molecule has 1 atom stereocenters. The molecule has 2 aliphatic rings. The van der Waals surface area contributed by atoms with E-state index in [1.165, 1.54) is 23.3 Å². The van der Waals surface area contributed by atoms with Crippen LogP contribution in [-0.2, 0) is 24.1 Å². The number of amides is 1. The molecule has 1 amide bonds. The lowest BCUT2D eigenvalue weighted by atomic mass is 9.77. The van der Waals surface area contributed by atoms with Crippen LogP contribution in [0.4, 0.5) is 0 Å². The molecule has 0 spiro atoms. The van der Waals surface area contributed by atoms with Gasteiger partial charge in [0.15, 0.2) is 23.0 Å². The minimum absolute atomic E-state index is 0.0697. The van der Waals surface area contributed by atoms with Gasteiger partial charge < -0.3 is 28.7 Å². The Kier molecular flexibility index (Phi) is 5.43. The average molecular weight is 475 g/mol. The quantitative estimate of drug-likeness (QED) is 0.527. The fourth-order valence-electron chi connectivity index (χ4n) is 4.99. The molecule has 0 saturated heterocycles. The first-order chi connectivity index (χ1) is 18.8. The Hall–Kier alpha value is -2.93. The van der Waals surface area contributed by atoms with Crippen molar-refractivity contribution in [3.63, 3.8) is 0 Å². The fraction of sp³-hybridized carbons (Fsp3) is 0.519. The molecular weight excluding hydrogens is 432 g/mol. The fourth-order valence-corrected chi connectivity index (χ4v) is 4.99. The van der Waals surface area contributed by atoms with E-state index in [9.17, 15) is 4.79 Å².